The summed E-state index contributed by atoms with van der Waals surface area (Å²) in [5, 5.41) is 12.5. The van der Waals surface area contributed by atoms with Gasteiger partial charge in [-0.05, 0) is 63.6 Å². The zero-order valence-corrected chi connectivity index (χ0v) is 19.8. The standard InChI is InChI=1S/C27H26N2O4S/c1-3-23(24-9-4-5-10-25(24)34(2,32)33)27(22-8-6-7-20(17-22)18-29-28)21-14-11-19(12-15-21)13-16-26(30)31/h4-18H,3,28H2,1-2H3,(H,30,31)/b16-13+,27-23+,29-18-. The summed E-state index contributed by atoms with van der Waals surface area (Å²) in [6, 6.07) is 22.1. The highest BCUT2D eigenvalue weighted by molar-refractivity contribution is 7.90. The van der Waals surface area contributed by atoms with Crippen molar-refractivity contribution in [3.05, 3.63) is 107 Å². The predicted molar refractivity (Wildman–Crippen MR) is 137 cm³/mol. The predicted octanol–water partition coefficient (Wildman–Crippen LogP) is 4.85. The van der Waals surface area contributed by atoms with Crippen molar-refractivity contribution in [2.45, 2.75) is 18.2 Å². The molecule has 174 valence electrons. The summed E-state index contributed by atoms with van der Waals surface area (Å²) in [4.78, 5) is 11.1. The van der Waals surface area contributed by atoms with E-state index >= 15 is 0 Å². The van der Waals surface area contributed by atoms with Crippen molar-refractivity contribution < 1.29 is 18.3 Å². The second kappa shape index (κ2) is 10.8. The van der Waals surface area contributed by atoms with E-state index in [0.29, 0.717) is 12.0 Å². The highest BCUT2D eigenvalue weighted by Crippen LogP contribution is 2.37. The topological polar surface area (TPSA) is 110 Å². The number of sulfone groups is 1. The Morgan fingerprint density at radius 1 is 0.971 bits per heavy atom. The number of hydrogen-bond acceptors (Lipinski definition) is 5. The Balaban J connectivity index is 2.33. The summed E-state index contributed by atoms with van der Waals surface area (Å²) < 4.78 is 25.1. The zero-order valence-electron chi connectivity index (χ0n) is 19.0. The molecule has 3 aromatic carbocycles. The Labute approximate surface area is 199 Å². The minimum Gasteiger partial charge on any atom is -0.478 e. The highest BCUT2D eigenvalue weighted by atomic mass is 32.2. The maximum atomic E-state index is 12.6. The van der Waals surface area contributed by atoms with E-state index in [-0.39, 0.29) is 4.90 Å². The van der Waals surface area contributed by atoms with Crippen molar-refractivity contribution in [2.24, 2.45) is 10.9 Å². The van der Waals surface area contributed by atoms with Gasteiger partial charge < -0.3 is 10.9 Å². The molecule has 0 aliphatic carbocycles. The number of nitrogens with zero attached hydrogens (tertiary/aromatic N) is 1. The third kappa shape index (κ3) is 5.88. The largest absolute Gasteiger partial charge is 0.478 e. The zero-order chi connectivity index (χ0) is 24.7. The lowest BCUT2D eigenvalue weighted by Crippen LogP contribution is -2.04. The molecule has 0 heterocycles. The van der Waals surface area contributed by atoms with Crippen LogP contribution in [0.15, 0.2) is 88.9 Å². The van der Waals surface area contributed by atoms with Gasteiger partial charge in [0.1, 0.15) is 0 Å². The van der Waals surface area contributed by atoms with Crippen molar-refractivity contribution in [1.29, 1.82) is 0 Å². The van der Waals surface area contributed by atoms with Crippen LogP contribution < -0.4 is 5.84 Å². The molecule has 0 aromatic heterocycles. The summed E-state index contributed by atoms with van der Waals surface area (Å²) in [7, 11) is -3.46. The van der Waals surface area contributed by atoms with Gasteiger partial charge in [-0.3, -0.25) is 0 Å². The fraction of sp³-hybridized carbons (Fsp3) is 0.111. The molecule has 34 heavy (non-hydrogen) atoms. The fourth-order valence-electron chi connectivity index (χ4n) is 3.85. The van der Waals surface area contributed by atoms with Crippen LogP contribution in [-0.2, 0) is 14.6 Å². The van der Waals surface area contributed by atoms with Gasteiger partial charge in [-0.2, -0.15) is 5.10 Å². The molecule has 0 atom stereocenters. The molecule has 0 radical (unpaired) electrons. The molecule has 0 saturated heterocycles. The number of allylic oxidation sites excluding steroid dienone is 1. The molecule has 0 fully saturated rings. The van der Waals surface area contributed by atoms with Crippen molar-refractivity contribution >= 4 is 39.2 Å². The van der Waals surface area contributed by atoms with E-state index in [1.54, 1.807) is 18.3 Å². The number of carboxylic acid groups (broad SMARTS) is 1. The average molecular weight is 475 g/mol. The van der Waals surface area contributed by atoms with Crippen LogP contribution in [0.2, 0.25) is 0 Å². The van der Waals surface area contributed by atoms with Gasteiger partial charge in [0.2, 0.25) is 0 Å². The van der Waals surface area contributed by atoms with Gasteiger partial charge in [0.05, 0.1) is 11.1 Å². The van der Waals surface area contributed by atoms with E-state index in [0.717, 1.165) is 39.5 Å². The number of carboxylic acids is 1. The van der Waals surface area contributed by atoms with E-state index < -0.39 is 15.8 Å². The number of rotatable bonds is 8. The monoisotopic (exact) mass is 474 g/mol. The summed E-state index contributed by atoms with van der Waals surface area (Å²) in [5.74, 6) is 4.33. The van der Waals surface area contributed by atoms with Crippen molar-refractivity contribution in [1.82, 2.24) is 0 Å². The Hall–Kier alpha value is -3.97. The van der Waals surface area contributed by atoms with Gasteiger partial charge in [0.15, 0.2) is 9.84 Å². The molecule has 3 aromatic rings. The molecule has 3 N–H and O–H groups in total. The van der Waals surface area contributed by atoms with E-state index in [2.05, 4.69) is 5.10 Å². The lowest BCUT2D eigenvalue weighted by Gasteiger charge is -2.19. The molecule has 0 amide bonds. The Bertz CT molecular complexity index is 1390. The summed E-state index contributed by atoms with van der Waals surface area (Å²) in [6.45, 7) is 1.99. The molecule has 0 aliphatic rings. The quantitative estimate of drug-likeness (QED) is 0.159. The summed E-state index contributed by atoms with van der Waals surface area (Å²) in [5.41, 5.74) is 5.70. The molecule has 3 rings (SSSR count). The molecule has 6 nitrogen and oxygen atoms in total. The number of benzene rings is 3. The SMILES string of the molecule is CC/C(=C(/c1ccc(/C=C/C(=O)O)cc1)c1cccc(/C=N\N)c1)c1ccccc1S(C)(=O)=O. The average Bonchev–Trinajstić information content (AvgIpc) is 2.81. The van der Waals surface area contributed by atoms with Crippen molar-refractivity contribution in [3.8, 4) is 0 Å². The highest BCUT2D eigenvalue weighted by Gasteiger charge is 2.19. The smallest absolute Gasteiger partial charge is 0.328 e. The van der Waals surface area contributed by atoms with E-state index in [1.165, 1.54) is 12.3 Å². The van der Waals surface area contributed by atoms with Crippen molar-refractivity contribution in [2.75, 3.05) is 6.26 Å². The first-order chi connectivity index (χ1) is 16.2. The minimum absolute atomic E-state index is 0.269. The summed E-state index contributed by atoms with van der Waals surface area (Å²) >= 11 is 0. The molecule has 7 heteroatoms. The Morgan fingerprint density at radius 3 is 2.29 bits per heavy atom. The fourth-order valence-corrected chi connectivity index (χ4v) is 4.76. The van der Waals surface area contributed by atoms with E-state index in [9.17, 15) is 13.2 Å². The lowest BCUT2D eigenvalue weighted by atomic mass is 9.87. The molecule has 0 aliphatic heterocycles. The second-order valence-electron chi connectivity index (χ2n) is 7.67. The van der Waals surface area contributed by atoms with Crippen molar-refractivity contribution in [3.63, 3.8) is 0 Å². The number of hydrazone groups is 1. The number of hydrogen-bond donors (Lipinski definition) is 2. The second-order valence-corrected chi connectivity index (χ2v) is 9.66. The van der Waals surface area contributed by atoms with Crippen LogP contribution in [0, 0.1) is 0 Å². The molecule has 0 unspecified atom stereocenters. The van der Waals surface area contributed by atoms with Crippen LogP contribution in [0.25, 0.3) is 17.2 Å². The Morgan fingerprint density at radius 2 is 1.68 bits per heavy atom. The maximum Gasteiger partial charge on any atom is 0.328 e. The lowest BCUT2D eigenvalue weighted by molar-refractivity contribution is -0.131. The van der Waals surface area contributed by atoms with Gasteiger partial charge >= 0.3 is 5.97 Å². The number of aliphatic carboxylic acids is 1. The third-order valence-corrected chi connectivity index (χ3v) is 6.44. The van der Waals surface area contributed by atoms with Gasteiger partial charge in [-0.15, -0.1) is 0 Å². The van der Waals surface area contributed by atoms with E-state index in [1.807, 2.05) is 67.6 Å². The van der Waals surface area contributed by atoms with Crippen LogP contribution in [0.3, 0.4) is 0 Å². The van der Waals surface area contributed by atoms with Gasteiger partial charge in [-0.1, -0.05) is 67.6 Å². The molecular weight excluding hydrogens is 448 g/mol. The first kappa shape index (κ1) is 24.7. The molecule has 0 spiro atoms. The normalized spacial score (nSPS) is 12.8. The number of nitrogens with two attached hydrogens (primary N) is 1. The van der Waals surface area contributed by atoms with Gasteiger partial charge in [-0.25, -0.2) is 13.2 Å². The third-order valence-electron chi connectivity index (χ3n) is 5.28. The Kier molecular flexibility index (Phi) is 7.81. The molecular formula is C27H26N2O4S. The number of carbonyl (C=O) groups is 1. The van der Waals surface area contributed by atoms with E-state index in [4.69, 9.17) is 10.9 Å². The van der Waals surface area contributed by atoms with Crippen LogP contribution in [0.4, 0.5) is 0 Å². The maximum absolute atomic E-state index is 12.6. The van der Waals surface area contributed by atoms with Gasteiger partial charge in [0.25, 0.3) is 0 Å². The molecule has 0 bridgehead atoms. The first-order valence-corrected chi connectivity index (χ1v) is 12.5. The summed E-state index contributed by atoms with van der Waals surface area (Å²) in [6.07, 6.45) is 5.95. The molecule has 0 saturated carbocycles. The first-order valence-electron chi connectivity index (χ1n) is 10.6. The minimum atomic E-state index is -3.46. The van der Waals surface area contributed by atoms with Crippen LogP contribution >= 0.6 is 0 Å². The van der Waals surface area contributed by atoms with Gasteiger partial charge in [0, 0.05) is 12.3 Å². The van der Waals surface area contributed by atoms with Crippen LogP contribution in [-0.4, -0.2) is 32.0 Å². The van der Waals surface area contributed by atoms with Crippen LogP contribution in [0.1, 0.15) is 41.2 Å². The van der Waals surface area contributed by atoms with Crippen LogP contribution in [0.5, 0.6) is 0 Å².